The first-order chi connectivity index (χ1) is 9.78. The van der Waals surface area contributed by atoms with Crippen LogP contribution in [0.5, 0.6) is 0 Å². The average molecular weight is 266 g/mol. The lowest BCUT2D eigenvalue weighted by molar-refractivity contribution is 0.829. The number of fused-ring (bicyclic) bond motifs is 1. The maximum Gasteiger partial charge on any atom is 0.0924 e. The van der Waals surface area contributed by atoms with Crippen LogP contribution in [-0.4, -0.2) is 21.7 Å². The first-order valence-electron chi connectivity index (χ1n) is 6.87. The van der Waals surface area contributed by atoms with Crippen LogP contribution in [0.2, 0.25) is 0 Å². The molecule has 0 aliphatic carbocycles. The number of hydrogen-bond donors (Lipinski definition) is 2. The Morgan fingerprint density at radius 1 is 1.15 bits per heavy atom. The van der Waals surface area contributed by atoms with Crippen LogP contribution in [0.1, 0.15) is 17.7 Å². The topological polar surface area (TPSA) is 67.6 Å². The summed E-state index contributed by atoms with van der Waals surface area (Å²) in [5.74, 6) is 0. The normalized spacial score (nSPS) is 11.1. The second-order valence-electron chi connectivity index (χ2n) is 5.05. The fraction of sp³-hybridized carbons (Fsp3) is 0.250. The molecule has 0 aliphatic heterocycles. The molecule has 4 heteroatoms. The Kier molecular flexibility index (Phi) is 3.48. The van der Waals surface area contributed by atoms with Crippen molar-refractivity contribution in [3.8, 4) is 11.1 Å². The third kappa shape index (κ3) is 2.42. The van der Waals surface area contributed by atoms with E-state index in [1.54, 1.807) is 0 Å². The van der Waals surface area contributed by atoms with Gasteiger partial charge in [0.25, 0.3) is 0 Å². The fourth-order valence-electron chi connectivity index (χ4n) is 2.41. The van der Waals surface area contributed by atoms with Gasteiger partial charge < -0.3 is 5.73 Å². The molecule has 0 radical (unpaired) electrons. The number of aromatic amines is 1. The molecule has 2 heterocycles. The summed E-state index contributed by atoms with van der Waals surface area (Å²) in [7, 11) is 0. The Labute approximate surface area is 118 Å². The van der Waals surface area contributed by atoms with Gasteiger partial charge in [0.05, 0.1) is 5.52 Å². The molecule has 20 heavy (non-hydrogen) atoms. The maximum atomic E-state index is 5.56. The zero-order valence-electron chi connectivity index (χ0n) is 11.6. The summed E-state index contributed by atoms with van der Waals surface area (Å²) in [6.45, 7) is 2.75. The molecule has 3 aromatic rings. The highest BCUT2D eigenvalue weighted by Gasteiger charge is 2.05. The molecule has 102 valence electrons. The van der Waals surface area contributed by atoms with Crippen molar-refractivity contribution in [3.63, 3.8) is 0 Å². The molecule has 0 saturated heterocycles. The first kappa shape index (κ1) is 12.8. The Morgan fingerprint density at radius 3 is 2.90 bits per heavy atom. The van der Waals surface area contributed by atoms with Crippen LogP contribution in [0.4, 0.5) is 0 Å². The predicted octanol–water partition coefficient (Wildman–Crippen LogP) is 2.82. The number of hydrogen-bond acceptors (Lipinski definition) is 3. The van der Waals surface area contributed by atoms with Crippen molar-refractivity contribution in [1.82, 2.24) is 15.2 Å². The molecule has 0 atom stereocenters. The number of nitrogens with one attached hydrogen (secondary N) is 1. The number of rotatable bonds is 4. The lowest BCUT2D eigenvalue weighted by Gasteiger charge is -2.05. The van der Waals surface area contributed by atoms with Crippen molar-refractivity contribution in [2.45, 2.75) is 19.8 Å². The van der Waals surface area contributed by atoms with Crippen molar-refractivity contribution in [2.75, 3.05) is 6.54 Å². The summed E-state index contributed by atoms with van der Waals surface area (Å²) in [5.41, 5.74) is 11.2. The van der Waals surface area contributed by atoms with Gasteiger partial charge in [-0.15, -0.1) is 0 Å². The number of H-pyrrole nitrogens is 1. The Balaban J connectivity index is 1.99. The van der Waals surface area contributed by atoms with Gasteiger partial charge in [-0.1, -0.05) is 6.07 Å². The quantitative estimate of drug-likeness (QED) is 0.763. The van der Waals surface area contributed by atoms with E-state index in [1.165, 1.54) is 11.1 Å². The van der Waals surface area contributed by atoms with E-state index in [4.69, 9.17) is 5.73 Å². The van der Waals surface area contributed by atoms with Crippen LogP contribution in [0, 0.1) is 6.92 Å². The Hall–Kier alpha value is -2.20. The molecule has 3 rings (SSSR count). The standard InChI is InChI=1S/C16H18N4/c1-11-15-8-13(4-5-16(15)20-19-11)14-7-12(3-2-6-17)9-18-10-14/h4-5,7-10H,2-3,6,17H2,1H3,(H,19,20). The van der Waals surface area contributed by atoms with Crippen molar-refractivity contribution >= 4 is 10.9 Å². The largest absolute Gasteiger partial charge is 0.330 e. The van der Waals surface area contributed by atoms with Crippen LogP contribution in [0.15, 0.2) is 36.7 Å². The van der Waals surface area contributed by atoms with E-state index in [2.05, 4.69) is 33.4 Å². The lowest BCUT2D eigenvalue weighted by Crippen LogP contribution is -2.00. The summed E-state index contributed by atoms with van der Waals surface area (Å²) in [6, 6.07) is 8.49. The number of aromatic nitrogens is 3. The molecule has 4 nitrogen and oxygen atoms in total. The molecule has 0 saturated carbocycles. The van der Waals surface area contributed by atoms with Crippen LogP contribution in [0.3, 0.4) is 0 Å². The van der Waals surface area contributed by atoms with E-state index in [1.807, 2.05) is 25.4 Å². The summed E-state index contributed by atoms with van der Waals surface area (Å²) in [6.07, 6.45) is 5.79. The molecular weight excluding hydrogens is 248 g/mol. The SMILES string of the molecule is Cc1[nH]nc2ccc(-c3cncc(CCCN)c3)cc12. The Bertz CT molecular complexity index is 730. The zero-order chi connectivity index (χ0) is 13.9. The zero-order valence-corrected chi connectivity index (χ0v) is 11.6. The van der Waals surface area contributed by atoms with Crippen molar-refractivity contribution < 1.29 is 0 Å². The smallest absolute Gasteiger partial charge is 0.0924 e. The van der Waals surface area contributed by atoms with Gasteiger partial charge in [0, 0.05) is 29.0 Å². The molecule has 0 amide bonds. The molecule has 0 spiro atoms. The minimum absolute atomic E-state index is 0.713. The van der Waals surface area contributed by atoms with Crippen molar-refractivity contribution in [2.24, 2.45) is 5.73 Å². The van der Waals surface area contributed by atoms with Crippen LogP contribution in [-0.2, 0) is 6.42 Å². The second kappa shape index (κ2) is 5.43. The van der Waals surface area contributed by atoms with E-state index in [0.717, 1.165) is 35.0 Å². The van der Waals surface area contributed by atoms with Gasteiger partial charge in [0.15, 0.2) is 0 Å². The van der Waals surface area contributed by atoms with E-state index in [-0.39, 0.29) is 0 Å². The van der Waals surface area contributed by atoms with Crippen molar-refractivity contribution in [1.29, 1.82) is 0 Å². The predicted molar refractivity (Wildman–Crippen MR) is 81.4 cm³/mol. The van der Waals surface area contributed by atoms with Gasteiger partial charge in [0.1, 0.15) is 0 Å². The molecular formula is C16H18N4. The van der Waals surface area contributed by atoms with Crippen molar-refractivity contribution in [3.05, 3.63) is 47.9 Å². The number of benzene rings is 1. The van der Waals surface area contributed by atoms with Crippen LogP contribution >= 0.6 is 0 Å². The number of nitrogens with two attached hydrogens (primary N) is 1. The van der Waals surface area contributed by atoms with Crippen LogP contribution < -0.4 is 5.73 Å². The number of pyridine rings is 1. The summed E-state index contributed by atoms with van der Waals surface area (Å²) >= 11 is 0. The first-order valence-corrected chi connectivity index (χ1v) is 6.87. The second-order valence-corrected chi connectivity index (χ2v) is 5.05. The summed E-state index contributed by atoms with van der Waals surface area (Å²) in [4.78, 5) is 4.34. The summed E-state index contributed by atoms with van der Waals surface area (Å²) < 4.78 is 0. The highest BCUT2D eigenvalue weighted by molar-refractivity contribution is 5.86. The summed E-state index contributed by atoms with van der Waals surface area (Å²) in [5, 5.41) is 8.43. The maximum absolute atomic E-state index is 5.56. The monoisotopic (exact) mass is 266 g/mol. The van der Waals surface area contributed by atoms with Gasteiger partial charge in [-0.25, -0.2) is 0 Å². The van der Waals surface area contributed by atoms with E-state index in [0.29, 0.717) is 6.54 Å². The van der Waals surface area contributed by atoms with Gasteiger partial charge in [-0.05, 0) is 55.6 Å². The minimum Gasteiger partial charge on any atom is -0.330 e. The number of nitrogens with zero attached hydrogens (tertiary/aromatic N) is 2. The highest BCUT2D eigenvalue weighted by Crippen LogP contribution is 2.25. The average Bonchev–Trinajstić information content (AvgIpc) is 2.86. The molecule has 0 fully saturated rings. The molecule has 0 bridgehead atoms. The third-order valence-electron chi connectivity index (χ3n) is 3.54. The number of aryl methyl sites for hydroxylation is 2. The molecule has 0 aliphatic rings. The van der Waals surface area contributed by atoms with Gasteiger partial charge in [0.2, 0.25) is 0 Å². The van der Waals surface area contributed by atoms with E-state index < -0.39 is 0 Å². The molecule has 2 aromatic heterocycles. The van der Waals surface area contributed by atoms with E-state index >= 15 is 0 Å². The highest BCUT2D eigenvalue weighted by atomic mass is 15.1. The minimum atomic E-state index is 0.713. The molecule has 1 aromatic carbocycles. The fourth-order valence-corrected chi connectivity index (χ4v) is 2.41. The van der Waals surface area contributed by atoms with Gasteiger partial charge >= 0.3 is 0 Å². The molecule has 3 N–H and O–H groups in total. The molecule has 0 unspecified atom stereocenters. The lowest BCUT2D eigenvalue weighted by atomic mass is 10.0. The third-order valence-corrected chi connectivity index (χ3v) is 3.54. The van der Waals surface area contributed by atoms with Gasteiger partial charge in [-0.2, -0.15) is 5.10 Å². The van der Waals surface area contributed by atoms with E-state index in [9.17, 15) is 0 Å². The van der Waals surface area contributed by atoms with Crippen LogP contribution in [0.25, 0.3) is 22.0 Å². The van der Waals surface area contributed by atoms with Gasteiger partial charge in [-0.3, -0.25) is 10.1 Å². The Morgan fingerprint density at radius 2 is 2.05 bits per heavy atom.